The zero-order chi connectivity index (χ0) is 21.2. The summed E-state index contributed by atoms with van der Waals surface area (Å²) in [5, 5.41) is 12.2. The third kappa shape index (κ3) is 6.69. The second-order valence-corrected chi connectivity index (χ2v) is 6.19. The minimum absolute atomic E-state index is 0.0957. The van der Waals surface area contributed by atoms with Crippen LogP contribution in [0.25, 0.3) is 10.4 Å². The van der Waals surface area contributed by atoms with Gasteiger partial charge in [-0.05, 0) is 12.5 Å². The smallest absolute Gasteiger partial charge is 0.332 e. The van der Waals surface area contributed by atoms with Gasteiger partial charge in [-0.3, -0.25) is 14.3 Å². The standard InChI is InChI=1S/C16H23N5O8/c1-10-7-21(16(25)18-15(10)24)13-6-11(19-20-17)12(29-13)8-28-14(23)9-27-5-4-26-3-2-22/h7,11-13,22H,2-6,8-9H2,1H3,(H,18,24,25)/t11-,12+,13+/m0/s1. The molecule has 0 aliphatic carbocycles. The molecule has 2 heterocycles. The highest BCUT2D eigenvalue weighted by atomic mass is 16.6. The second kappa shape index (κ2) is 11.3. The summed E-state index contributed by atoms with van der Waals surface area (Å²) in [6, 6.07) is -0.662. The number of nitrogens with one attached hydrogen (secondary N) is 1. The predicted molar refractivity (Wildman–Crippen MR) is 97.2 cm³/mol. The van der Waals surface area contributed by atoms with E-state index in [1.54, 1.807) is 6.92 Å². The Morgan fingerprint density at radius 1 is 1.41 bits per heavy atom. The minimum Gasteiger partial charge on any atom is -0.461 e. The lowest BCUT2D eigenvalue weighted by atomic mass is 10.1. The Bertz CT molecular complexity index is 846. The van der Waals surface area contributed by atoms with Crippen molar-refractivity contribution in [2.45, 2.75) is 31.7 Å². The summed E-state index contributed by atoms with van der Waals surface area (Å²) in [6.45, 7) is 1.53. The summed E-state index contributed by atoms with van der Waals surface area (Å²) in [6.07, 6.45) is 0.000214. The number of nitrogens with zero attached hydrogens (tertiary/aromatic N) is 4. The van der Waals surface area contributed by atoms with E-state index < -0.39 is 35.6 Å². The normalized spacial score (nSPS) is 21.0. The average molecular weight is 413 g/mol. The van der Waals surface area contributed by atoms with Crippen LogP contribution in [0.1, 0.15) is 18.2 Å². The molecule has 160 valence electrons. The molecule has 13 nitrogen and oxygen atoms in total. The third-order valence-corrected chi connectivity index (χ3v) is 4.10. The van der Waals surface area contributed by atoms with Gasteiger partial charge in [-0.25, -0.2) is 9.59 Å². The summed E-state index contributed by atoms with van der Waals surface area (Å²) in [7, 11) is 0. The summed E-state index contributed by atoms with van der Waals surface area (Å²) < 4.78 is 22.1. The maximum Gasteiger partial charge on any atom is 0.332 e. The molecule has 1 saturated heterocycles. The van der Waals surface area contributed by atoms with Gasteiger partial charge in [0.05, 0.1) is 32.5 Å². The summed E-state index contributed by atoms with van der Waals surface area (Å²) >= 11 is 0. The number of aliphatic hydroxyl groups is 1. The van der Waals surface area contributed by atoms with E-state index in [0.717, 1.165) is 0 Å². The predicted octanol–water partition coefficient (Wildman–Crippen LogP) is -0.620. The molecule has 2 rings (SSSR count). The van der Waals surface area contributed by atoms with Crippen LogP contribution in [0.2, 0.25) is 0 Å². The van der Waals surface area contributed by atoms with Crippen molar-refractivity contribution in [3.8, 4) is 0 Å². The number of azide groups is 1. The van der Waals surface area contributed by atoms with E-state index in [-0.39, 0.29) is 46.1 Å². The molecule has 0 radical (unpaired) electrons. The lowest BCUT2D eigenvalue weighted by Gasteiger charge is -2.17. The van der Waals surface area contributed by atoms with E-state index in [2.05, 4.69) is 15.0 Å². The number of aryl methyl sites for hydroxylation is 1. The summed E-state index contributed by atoms with van der Waals surface area (Å²) in [5.74, 6) is -0.643. The largest absolute Gasteiger partial charge is 0.461 e. The zero-order valence-electron chi connectivity index (χ0n) is 15.9. The van der Waals surface area contributed by atoms with Crippen LogP contribution in [0.3, 0.4) is 0 Å². The lowest BCUT2D eigenvalue weighted by molar-refractivity contribution is -0.154. The molecule has 2 N–H and O–H groups in total. The van der Waals surface area contributed by atoms with E-state index in [4.69, 9.17) is 29.6 Å². The molecule has 0 unspecified atom stereocenters. The topological polar surface area (TPSA) is 178 Å². The fourth-order valence-corrected chi connectivity index (χ4v) is 2.68. The number of rotatable bonds is 11. The number of H-pyrrole nitrogens is 1. The molecule has 1 aromatic rings. The summed E-state index contributed by atoms with van der Waals surface area (Å²) in [5.41, 5.74) is 7.92. The van der Waals surface area contributed by atoms with Gasteiger partial charge in [-0.2, -0.15) is 0 Å². The highest BCUT2D eigenvalue weighted by Crippen LogP contribution is 2.30. The highest BCUT2D eigenvalue weighted by molar-refractivity contribution is 5.70. The van der Waals surface area contributed by atoms with Crippen molar-refractivity contribution in [1.29, 1.82) is 0 Å². The average Bonchev–Trinajstić information content (AvgIpc) is 3.08. The van der Waals surface area contributed by atoms with Crippen molar-refractivity contribution in [2.24, 2.45) is 5.11 Å². The number of ether oxygens (including phenoxy) is 4. The van der Waals surface area contributed by atoms with Crippen LogP contribution in [0.4, 0.5) is 0 Å². The van der Waals surface area contributed by atoms with Gasteiger partial charge in [0.25, 0.3) is 5.56 Å². The molecule has 1 aliphatic heterocycles. The molecule has 3 atom stereocenters. The van der Waals surface area contributed by atoms with Crippen LogP contribution < -0.4 is 11.2 Å². The van der Waals surface area contributed by atoms with Crippen molar-refractivity contribution >= 4 is 5.97 Å². The molecule has 1 aliphatic rings. The van der Waals surface area contributed by atoms with Crippen LogP contribution >= 0.6 is 0 Å². The molecule has 0 aromatic carbocycles. The first kappa shape index (κ1) is 22.6. The van der Waals surface area contributed by atoms with E-state index in [0.29, 0.717) is 5.56 Å². The Labute approximate surface area is 164 Å². The number of hydrogen-bond donors (Lipinski definition) is 2. The van der Waals surface area contributed by atoms with Gasteiger partial charge < -0.3 is 24.1 Å². The number of carbonyl (C=O) groups excluding carboxylic acids is 1. The number of aromatic amines is 1. The van der Waals surface area contributed by atoms with E-state index >= 15 is 0 Å². The van der Waals surface area contributed by atoms with Gasteiger partial charge in [0.2, 0.25) is 0 Å². The minimum atomic E-state index is -0.780. The van der Waals surface area contributed by atoms with Crippen LogP contribution in [-0.4, -0.2) is 72.4 Å². The van der Waals surface area contributed by atoms with E-state index in [1.807, 2.05) is 0 Å². The zero-order valence-corrected chi connectivity index (χ0v) is 15.9. The fraction of sp³-hybridized carbons (Fsp3) is 0.688. The van der Waals surface area contributed by atoms with Crippen molar-refractivity contribution in [2.75, 3.05) is 39.6 Å². The van der Waals surface area contributed by atoms with Crippen LogP contribution in [0.15, 0.2) is 20.9 Å². The van der Waals surface area contributed by atoms with Gasteiger partial charge in [-0.15, -0.1) is 0 Å². The molecular weight excluding hydrogens is 390 g/mol. The van der Waals surface area contributed by atoms with Gasteiger partial charge in [0, 0.05) is 23.1 Å². The number of aliphatic hydroxyl groups excluding tert-OH is 1. The van der Waals surface area contributed by atoms with Crippen molar-refractivity contribution in [1.82, 2.24) is 9.55 Å². The molecule has 0 amide bonds. The molecule has 1 aromatic heterocycles. The second-order valence-electron chi connectivity index (χ2n) is 6.19. The Morgan fingerprint density at radius 2 is 2.17 bits per heavy atom. The number of esters is 1. The molecule has 0 bridgehead atoms. The quantitative estimate of drug-likeness (QED) is 0.158. The van der Waals surface area contributed by atoms with Crippen molar-refractivity contribution in [3.05, 3.63) is 43.0 Å². The Kier molecular flexibility index (Phi) is 8.83. The third-order valence-electron chi connectivity index (χ3n) is 4.10. The van der Waals surface area contributed by atoms with Crippen LogP contribution in [0, 0.1) is 6.92 Å². The molecule has 1 fully saturated rings. The van der Waals surface area contributed by atoms with E-state index in [9.17, 15) is 14.4 Å². The van der Waals surface area contributed by atoms with Crippen LogP contribution in [0.5, 0.6) is 0 Å². The number of hydrogen-bond acceptors (Lipinski definition) is 9. The molecule has 0 spiro atoms. The first-order chi connectivity index (χ1) is 14.0. The van der Waals surface area contributed by atoms with Gasteiger partial charge >= 0.3 is 11.7 Å². The maximum atomic E-state index is 12.0. The first-order valence-electron chi connectivity index (χ1n) is 8.90. The molecule has 29 heavy (non-hydrogen) atoms. The van der Waals surface area contributed by atoms with Gasteiger partial charge in [-0.1, -0.05) is 5.11 Å². The fourth-order valence-electron chi connectivity index (χ4n) is 2.68. The molecule has 13 heteroatoms. The molecular formula is C16H23N5O8. The first-order valence-corrected chi connectivity index (χ1v) is 8.90. The lowest BCUT2D eigenvalue weighted by Crippen LogP contribution is -2.33. The summed E-state index contributed by atoms with van der Waals surface area (Å²) in [4.78, 5) is 40.2. The van der Waals surface area contributed by atoms with Crippen molar-refractivity contribution < 1.29 is 28.8 Å². The SMILES string of the molecule is Cc1cn([C@H]2C[C@H](N=[N+]=[N-])[C@@H](COC(=O)COCCOCCO)O2)c(=O)[nH]c1=O. The van der Waals surface area contributed by atoms with Gasteiger partial charge in [0.15, 0.2) is 0 Å². The number of carbonyl (C=O) groups is 1. The Balaban J connectivity index is 1.89. The monoisotopic (exact) mass is 413 g/mol. The van der Waals surface area contributed by atoms with E-state index in [1.165, 1.54) is 10.8 Å². The number of aromatic nitrogens is 2. The Morgan fingerprint density at radius 3 is 2.90 bits per heavy atom. The van der Waals surface area contributed by atoms with Crippen molar-refractivity contribution in [3.63, 3.8) is 0 Å². The highest BCUT2D eigenvalue weighted by Gasteiger charge is 2.37. The maximum absolute atomic E-state index is 12.0. The Hall–Kier alpha value is -2.70. The van der Waals surface area contributed by atoms with Gasteiger partial charge in [0.1, 0.15) is 25.5 Å². The van der Waals surface area contributed by atoms with Crippen LogP contribution in [-0.2, 0) is 23.7 Å². The molecule has 0 saturated carbocycles.